The van der Waals surface area contributed by atoms with E-state index >= 15 is 0 Å². The summed E-state index contributed by atoms with van der Waals surface area (Å²) in [5.74, 6) is -2.04. The molecule has 0 heterocycles. The van der Waals surface area contributed by atoms with Crippen molar-refractivity contribution >= 4 is 11.9 Å². The molecule has 0 fully saturated rings. The van der Waals surface area contributed by atoms with Crippen LogP contribution in [0.2, 0.25) is 0 Å². The fourth-order valence-electron chi connectivity index (χ4n) is 1.07. The standard InChI is InChI=1S/C9H16O4.2Rb/c10-8(11)6-4-2-1-3-5-7-9(12)13;;/h1-7H2,(H,10,11)(H,12,13);;/q;2*+1/p-2. The Morgan fingerprint density at radius 3 is 1.20 bits per heavy atom. The van der Waals surface area contributed by atoms with Crippen molar-refractivity contribution in [3.05, 3.63) is 0 Å². The van der Waals surface area contributed by atoms with Gasteiger partial charge in [0.25, 0.3) is 0 Å². The van der Waals surface area contributed by atoms with Crippen molar-refractivity contribution in [2.24, 2.45) is 0 Å². The number of carbonyl (C=O) groups excluding carboxylic acids is 2. The van der Waals surface area contributed by atoms with Crippen molar-refractivity contribution < 1.29 is 136 Å². The smallest absolute Gasteiger partial charge is 0.550 e. The summed E-state index contributed by atoms with van der Waals surface area (Å²) in [7, 11) is 0. The Kier molecular flexibility index (Phi) is 25.1. The summed E-state index contributed by atoms with van der Waals surface area (Å²) < 4.78 is 0. The zero-order valence-corrected chi connectivity index (χ0v) is 19.4. The number of rotatable bonds is 8. The van der Waals surface area contributed by atoms with Crippen LogP contribution in [-0.4, -0.2) is 11.9 Å². The Morgan fingerprint density at radius 2 is 0.933 bits per heavy atom. The van der Waals surface area contributed by atoms with Crippen molar-refractivity contribution in [3.8, 4) is 0 Å². The van der Waals surface area contributed by atoms with E-state index in [-0.39, 0.29) is 129 Å². The fraction of sp³-hybridized carbons (Fsp3) is 0.778. The maximum atomic E-state index is 9.98. The van der Waals surface area contributed by atoms with Crippen LogP contribution in [0.25, 0.3) is 0 Å². The molecule has 0 aliphatic heterocycles. The molecule has 0 radical (unpaired) electrons. The molecule has 4 nitrogen and oxygen atoms in total. The Hall–Kier alpha value is 2.55. The number of carbonyl (C=O) groups is 2. The summed E-state index contributed by atoms with van der Waals surface area (Å²) in [5, 5.41) is 20.0. The number of aliphatic carboxylic acids is 2. The largest absolute Gasteiger partial charge is 1.00 e. The Bertz CT molecular complexity index is 155. The molecular formula is C9H14O4Rb2. The van der Waals surface area contributed by atoms with Gasteiger partial charge in [0.15, 0.2) is 0 Å². The van der Waals surface area contributed by atoms with Gasteiger partial charge in [-0.05, 0) is 25.7 Å². The van der Waals surface area contributed by atoms with Gasteiger partial charge in [-0.15, -0.1) is 0 Å². The molecule has 0 amide bonds. The van der Waals surface area contributed by atoms with Crippen LogP contribution in [-0.2, 0) is 9.59 Å². The van der Waals surface area contributed by atoms with Crippen LogP contribution in [0.3, 0.4) is 0 Å². The van der Waals surface area contributed by atoms with Crippen LogP contribution in [0.5, 0.6) is 0 Å². The van der Waals surface area contributed by atoms with E-state index in [4.69, 9.17) is 0 Å². The van der Waals surface area contributed by atoms with Crippen LogP contribution < -0.4 is 127 Å². The van der Waals surface area contributed by atoms with Gasteiger partial charge in [-0.25, -0.2) is 0 Å². The number of carboxylic acid groups (broad SMARTS) is 2. The normalized spacial score (nSPS) is 8.53. The van der Waals surface area contributed by atoms with E-state index in [1.54, 1.807) is 0 Å². The summed E-state index contributed by atoms with van der Waals surface area (Å²) in [6, 6.07) is 0. The number of unbranched alkanes of at least 4 members (excludes halogenated alkanes) is 4. The Labute approximate surface area is 188 Å². The third-order valence-corrected chi connectivity index (χ3v) is 1.76. The van der Waals surface area contributed by atoms with Gasteiger partial charge < -0.3 is 19.8 Å². The van der Waals surface area contributed by atoms with Gasteiger partial charge in [0.05, 0.1) is 0 Å². The van der Waals surface area contributed by atoms with Gasteiger partial charge in [0.1, 0.15) is 0 Å². The number of hydrogen-bond acceptors (Lipinski definition) is 4. The summed E-state index contributed by atoms with van der Waals surface area (Å²) in [4.78, 5) is 20.0. The minimum absolute atomic E-state index is 0. The van der Waals surface area contributed by atoms with Gasteiger partial charge >= 0.3 is 116 Å². The summed E-state index contributed by atoms with van der Waals surface area (Å²) in [5.41, 5.74) is 0. The molecule has 0 aromatic rings. The van der Waals surface area contributed by atoms with E-state index in [1.165, 1.54) is 0 Å². The van der Waals surface area contributed by atoms with Crippen LogP contribution in [0.1, 0.15) is 44.9 Å². The fourth-order valence-corrected chi connectivity index (χ4v) is 1.07. The maximum absolute atomic E-state index is 9.98. The van der Waals surface area contributed by atoms with Crippen LogP contribution in [0, 0.1) is 0 Å². The van der Waals surface area contributed by atoms with E-state index < -0.39 is 11.9 Å². The molecule has 0 aromatic heterocycles. The monoisotopic (exact) mass is 356 g/mol. The molecule has 0 N–H and O–H groups in total. The molecule has 0 saturated heterocycles. The second-order valence-electron chi connectivity index (χ2n) is 3.01. The van der Waals surface area contributed by atoms with Gasteiger partial charge in [-0.3, -0.25) is 0 Å². The Balaban J connectivity index is -0.000000720. The maximum Gasteiger partial charge on any atom is 1.00 e. The van der Waals surface area contributed by atoms with Gasteiger partial charge in [0, 0.05) is 11.9 Å². The van der Waals surface area contributed by atoms with Crippen LogP contribution in [0.4, 0.5) is 0 Å². The third-order valence-electron chi connectivity index (χ3n) is 1.76. The van der Waals surface area contributed by atoms with Crippen molar-refractivity contribution in [1.29, 1.82) is 0 Å². The first kappa shape index (κ1) is 22.7. The van der Waals surface area contributed by atoms with Crippen molar-refractivity contribution in [2.75, 3.05) is 0 Å². The van der Waals surface area contributed by atoms with E-state index in [0.29, 0.717) is 12.8 Å². The van der Waals surface area contributed by atoms with E-state index in [1.807, 2.05) is 0 Å². The van der Waals surface area contributed by atoms with Crippen LogP contribution in [0.15, 0.2) is 0 Å². The van der Waals surface area contributed by atoms with Gasteiger partial charge in [-0.1, -0.05) is 19.3 Å². The zero-order valence-electron chi connectivity index (χ0n) is 9.58. The molecule has 15 heavy (non-hydrogen) atoms. The number of hydrogen-bond donors (Lipinski definition) is 0. The van der Waals surface area contributed by atoms with Crippen molar-refractivity contribution in [3.63, 3.8) is 0 Å². The first-order chi connectivity index (χ1) is 6.13. The average Bonchev–Trinajstić information content (AvgIpc) is 2.01. The van der Waals surface area contributed by atoms with Gasteiger partial charge in [-0.2, -0.15) is 0 Å². The molecule has 0 rings (SSSR count). The summed E-state index contributed by atoms with van der Waals surface area (Å²) >= 11 is 0. The SMILES string of the molecule is O=C([O-])CCCCCCCC(=O)[O-].[Rb+].[Rb+]. The molecule has 76 valence electrons. The van der Waals surface area contributed by atoms with Crippen molar-refractivity contribution in [2.45, 2.75) is 44.9 Å². The molecular weight excluding hydrogens is 343 g/mol. The van der Waals surface area contributed by atoms with E-state index in [0.717, 1.165) is 19.3 Å². The first-order valence-corrected chi connectivity index (χ1v) is 4.52. The second kappa shape index (κ2) is 16.6. The minimum atomic E-state index is -1.02. The summed E-state index contributed by atoms with van der Waals surface area (Å²) in [6.45, 7) is 0. The van der Waals surface area contributed by atoms with Crippen LogP contribution >= 0.6 is 0 Å². The Morgan fingerprint density at radius 1 is 0.667 bits per heavy atom. The molecule has 0 unspecified atom stereocenters. The molecule has 0 aromatic carbocycles. The molecule has 0 atom stereocenters. The molecule has 0 aliphatic carbocycles. The predicted molar refractivity (Wildman–Crippen MR) is 42.3 cm³/mol. The molecule has 0 saturated carbocycles. The molecule has 0 bridgehead atoms. The number of carboxylic acids is 2. The minimum Gasteiger partial charge on any atom is -0.550 e. The zero-order chi connectivity index (χ0) is 10.1. The predicted octanol–water partition coefficient (Wildman–Crippen LogP) is -6.78. The van der Waals surface area contributed by atoms with E-state index in [2.05, 4.69) is 0 Å². The van der Waals surface area contributed by atoms with Gasteiger partial charge in [0.2, 0.25) is 0 Å². The quantitative estimate of drug-likeness (QED) is 0.405. The summed E-state index contributed by atoms with van der Waals surface area (Å²) in [6.07, 6.45) is 3.95. The topological polar surface area (TPSA) is 80.3 Å². The average molecular weight is 357 g/mol. The first-order valence-electron chi connectivity index (χ1n) is 4.52. The molecule has 6 heteroatoms. The second-order valence-corrected chi connectivity index (χ2v) is 3.01. The van der Waals surface area contributed by atoms with Crippen molar-refractivity contribution in [1.82, 2.24) is 0 Å². The third kappa shape index (κ3) is 22.2. The molecule has 0 aliphatic rings. The molecule has 0 spiro atoms. The van der Waals surface area contributed by atoms with E-state index in [9.17, 15) is 19.8 Å².